The van der Waals surface area contributed by atoms with E-state index >= 15 is 0 Å². The number of hydrogen-bond donors (Lipinski definition) is 0. The van der Waals surface area contributed by atoms with Gasteiger partial charge in [0.25, 0.3) is 0 Å². The monoisotopic (exact) mass is 418 g/mol. The molecule has 1 aromatic carbocycles. The lowest BCUT2D eigenvalue weighted by Crippen LogP contribution is -2.01. The molecule has 19 heavy (non-hydrogen) atoms. The molecule has 5 heteroatoms. The Morgan fingerprint density at radius 2 is 2.00 bits per heavy atom. The number of Topliss-reactive ketones (excluding diaryl/α,β-unsaturated/α-hetero) is 1. The molecule has 100 valence electrons. The summed E-state index contributed by atoms with van der Waals surface area (Å²) in [7, 11) is 0. The highest BCUT2D eigenvalue weighted by atomic mass is 79.9. The first-order valence-corrected chi connectivity index (χ1v) is 9.04. The van der Waals surface area contributed by atoms with Crippen molar-refractivity contribution in [2.75, 3.05) is 5.75 Å². The maximum absolute atomic E-state index is 12.2. The van der Waals surface area contributed by atoms with Crippen LogP contribution in [0.3, 0.4) is 0 Å². The van der Waals surface area contributed by atoms with Gasteiger partial charge in [-0.3, -0.25) is 4.79 Å². The highest BCUT2D eigenvalue weighted by Crippen LogP contribution is 2.33. The summed E-state index contributed by atoms with van der Waals surface area (Å²) in [6, 6.07) is 8.18. The number of aryl methyl sites for hydroxylation is 2. The van der Waals surface area contributed by atoms with Crippen LogP contribution in [0.4, 0.5) is 0 Å². The third kappa shape index (κ3) is 3.94. The van der Waals surface area contributed by atoms with E-state index in [1.165, 1.54) is 27.4 Å². The van der Waals surface area contributed by atoms with Crippen LogP contribution in [0.1, 0.15) is 21.5 Å². The van der Waals surface area contributed by atoms with Crippen LogP contribution < -0.4 is 0 Å². The molecule has 0 aliphatic carbocycles. The van der Waals surface area contributed by atoms with Crippen molar-refractivity contribution in [3.8, 4) is 0 Å². The summed E-state index contributed by atoms with van der Waals surface area (Å²) < 4.78 is 1.87. The number of carbonyl (C=O) groups is 1. The van der Waals surface area contributed by atoms with Crippen molar-refractivity contribution >= 4 is 60.7 Å². The van der Waals surface area contributed by atoms with Gasteiger partial charge in [-0.25, -0.2) is 0 Å². The van der Waals surface area contributed by atoms with Gasteiger partial charge in [0.1, 0.15) is 0 Å². The highest BCUT2D eigenvalue weighted by molar-refractivity contribution is 9.12. The van der Waals surface area contributed by atoms with E-state index in [0.29, 0.717) is 5.75 Å². The molecule has 0 saturated carbocycles. The minimum atomic E-state index is 0.152. The van der Waals surface area contributed by atoms with E-state index < -0.39 is 0 Å². The fraction of sp³-hybridized carbons (Fsp3) is 0.214. The fourth-order valence-corrected chi connectivity index (χ4v) is 5.46. The van der Waals surface area contributed by atoms with Crippen LogP contribution in [0.5, 0.6) is 0 Å². The van der Waals surface area contributed by atoms with Crippen molar-refractivity contribution < 1.29 is 4.79 Å². The van der Waals surface area contributed by atoms with Crippen LogP contribution in [-0.2, 0) is 0 Å². The first-order chi connectivity index (χ1) is 8.97. The van der Waals surface area contributed by atoms with E-state index in [-0.39, 0.29) is 5.78 Å². The number of thiophene rings is 1. The number of thioether (sulfide) groups is 1. The summed E-state index contributed by atoms with van der Waals surface area (Å²) in [5.74, 6) is 0.616. The summed E-state index contributed by atoms with van der Waals surface area (Å²) in [5.41, 5.74) is 3.23. The molecule has 1 aromatic heterocycles. The van der Waals surface area contributed by atoms with Crippen molar-refractivity contribution in [3.63, 3.8) is 0 Å². The predicted octanol–water partition coefficient (Wildman–Crippen LogP) is 5.86. The van der Waals surface area contributed by atoms with Crippen LogP contribution in [0, 0.1) is 13.8 Å². The zero-order valence-electron chi connectivity index (χ0n) is 10.5. The second-order valence-corrected chi connectivity index (χ2v) is 8.99. The van der Waals surface area contributed by atoms with Crippen LogP contribution in [0.2, 0.25) is 0 Å². The third-order valence-electron chi connectivity index (χ3n) is 2.65. The molecule has 1 nitrogen and oxygen atoms in total. The van der Waals surface area contributed by atoms with E-state index in [1.54, 1.807) is 11.8 Å². The Kier molecular flexibility index (Phi) is 5.29. The van der Waals surface area contributed by atoms with E-state index in [2.05, 4.69) is 63.9 Å². The lowest BCUT2D eigenvalue weighted by atomic mass is 10.2. The molecular weight excluding hydrogens is 408 g/mol. The number of hydrogen-bond acceptors (Lipinski definition) is 3. The number of carbonyl (C=O) groups excluding carboxylic acids is 1. The minimum absolute atomic E-state index is 0.152. The molecule has 0 amide bonds. The zero-order chi connectivity index (χ0) is 14.0. The SMILES string of the molecule is Cc1ccc(SCC(=O)c2cc(Br)sc2Br)c(C)c1. The first kappa shape index (κ1) is 15.3. The Bertz CT molecular complexity index is 620. The second kappa shape index (κ2) is 6.57. The van der Waals surface area contributed by atoms with E-state index in [4.69, 9.17) is 0 Å². The van der Waals surface area contributed by atoms with E-state index in [0.717, 1.165) is 13.1 Å². The lowest BCUT2D eigenvalue weighted by molar-refractivity contribution is 0.102. The average Bonchev–Trinajstić information content (AvgIpc) is 2.67. The van der Waals surface area contributed by atoms with Crippen LogP contribution >= 0.6 is 55.0 Å². The quantitative estimate of drug-likeness (QED) is 0.455. The zero-order valence-corrected chi connectivity index (χ0v) is 15.3. The lowest BCUT2D eigenvalue weighted by Gasteiger charge is -2.05. The van der Waals surface area contributed by atoms with Crippen LogP contribution in [-0.4, -0.2) is 11.5 Å². The van der Waals surface area contributed by atoms with Crippen molar-refractivity contribution in [2.24, 2.45) is 0 Å². The molecule has 0 bridgehead atoms. The normalized spacial score (nSPS) is 10.7. The van der Waals surface area contributed by atoms with Crippen molar-refractivity contribution in [2.45, 2.75) is 18.7 Å². The van der Waals surface area contributed by atoms with Gasteiger partial charge in [-0.2, -0.15) is 0 Å². The van der Waals surface area contributed by atoms with Gasteiger partial charge < -0.3 is 0 Å². The second-order valence-electron chi connectivity index (χ2n) is 4.22. The summed E-state index contributed by atoms with van der Waals surface area (Å²) in [6.07, 6.45) is 0. The summed E-state index contributed by atoms with van der Waals surface area (Å²) in [5, 5.41) is 0. The molecule has 0 spiro atoms. The molecule has 0 radical (unpaired) electrons. The van der Waals surface area contributed by atoms with Gasteiger partial charge in [0.15, 0.2) is 5.78 Å². The van der Waals surface area contributed by atoms with Crippen molar-refractivity contribution in [1.82, 2.24) is 0 Å². The molecule has 1 heterocycles. The van der Waals surface area contributed by atoms with Gasteiger partial charge in [-0.1, -0.05) is 17.7 Å². The number of benzene rings is 1. The maximum Gasteiger partial charge on any atom is 0.175 e. The maximum atomic E-state index is 12.2. The molecule has 0 N–H and O–H groups in total. The molecule has 0 fully saturated rings. The Labute approximate surface area is 138 Å². The van der Waals surface area contributed by atoms with Gasteiger partial charge >= 0.3 is 0 Å². The molecule has 0 aliphatic heterocycles. The van der Waals surface area contributed by atoms with Gasteiger partial charge in [0.2, 0.25) is 0 Å². The van der Waals surface area contributed by atoms with Crippen molar-refractivity contribution in [1.29, 1.82) is 0 Å². The third-order valence-corrected chi connectivity index (χ3v) is 6.16. The van der Waals surface area contributed by atoms with Crippen molar-refractivity contribution in [3.05, 3.63) is 48.5 Å². The standard InChI is InChI=1S/C14H12Br2OS2/c1-8-3-4-12(9(2)5-8)18-7-11(17)10-6-13(15)19-14(10)16/h3-6H,7H2,1-2H3. The summed E-state index contributed by atoms with van der Waals surface area (Å²) in [4.78, 5) is 13.3. The molecular formula is C14H12Br2OS2. The van der Waals surface area contributed by atoms with Gasteiger partial charge in [0, 0.05) is 10.5 Å². The topological polar surface area (TPSA) is 17.1 Å². The van der Waals surface area contributed by atoms with Crippen LogP contribution in [0.15, 0.2) is 36.7 Å². The Morgan fingerprint density at radius 1 is 1.26 bits per heavy atom. The smallest absolute Gasteiger partial charge is 0.175 e. The van der Waals surface area contributed by atoms with Gasteiger partial charge in [-0.15, -0.1) is 23.1 Å². The predicted molar refractivity (Wildman–Crippen MR) is 90.7 cm³/mol. The van der Waals surface area contributed by atoms with E-state index in [1.807, 2.05) is 6.07 Å². The van der Waals surface area contributed by atoms with E-state index in [9.17, 15) is 4.79 Å². The Hall–Kier alpha value is -0.100. The first-order valence-electron chi connectivity index (χ1n) is 5.65. The van der Waals surface area contributed by atoms with Crippen LogP contribution in [0.25, 0.3) is 0 Å². The average molecular weight is 420 g/mol. The highest BCUT2D eigenvalue weighted by Gasteiger charge is 2.14. The Morgan fingerprint density at radius 3 is 2.58 bits per heavy atom. The Balaban J connectivity index is 2.06. The molecule has 0 atom stereocenters. The summed E-state index contributed by atoms with van der Waals surface area (Å²) in [6.45, 7) is 4.16. The fourth-order valence-electron chi connectivity index (χ4n) is 1.71. The number of halogens is 2. The largest absolute Gasteiger partial charge is 0.293 e. The molecule has 0 saturated heterocycles. The van der Waals surface area contributed by atoms with Gasteiger partial charge in [-0.05, 0) is 63.4 Å². The summed E-state index contributed by atoms with van der Waals surface area (Å²) >= 11 is 9.95. The number of rotatable bonds is 4. The number of ketones is 1. The molecule has 0 unspecified atom stereocenters. The molecule has 0 aliphatic rings. The molecule has 2 aromatic rings. The molecule has 2 rings (SSSR count). The minimum Gasteiger partial charge on any atom is -0.293 e. The van der Waals surface area contributed by atoms with Gasteiger partial charge in [0.05, 0.1) is 13.3 Å².